The summed E-state index contributed by atoms with van der Waals surface area (Å²) in [6.07, 6.45) is 8.38. The van der Waals surface area contributed by atoms with Crippen LogP contribution in [-0.4, -0.2) is 57.5 Å². The summed E-state index contributed by atoms with van der Waals surface area (Å²) < 4.78 is 6.03. The van der Waals surface area contributed by atoms with E-state index in [1.807, 2.05) is 11.8 Å². The van der Waals surface area contributed by atoms with E-state index in [0.717, 1.165) is 82.1 Å². The van der Waals surface area contributed by atoms with Crippen molar-refractivity contribution in [2.45, 2.75) is 77.4 Å². The Morgan fingerprint density at radius 3 is 2.76 bits per heavy atom. The Labute approximate surface area is 197 Å². The van der Waals surface area contributed by atoms with Gasteiger partial charge in [0.25, 0.3) is 5.91 Å². The van der Waals surface area contributed by atoms with Crippen LogP contribution < -0.4 is 4.74 Å². The highest BCUT2D eigenvalue weighted by atomic mass is 16.5. The number of nitrogens with zero attached hydrogens (tertiary/aromatic N) is 4. The Bertz CT molecular complexity index is 1030. The zero-order valence-corrected chi connectivity index (χ0v) is 20.3. The minimum atomic E-state index is -0.103. The molecule has 33 heavy (non-hydrogen) atoms. The summed E-state index contributed by atoms with van der Waals surface area (Å²) in [4.78, 5) is 26.9. The van der Waals surface area contributed by atoms with E-state index in [2.05, 4.69) is 41.9 Å². The first-order valence-corrected chi connectivity index (χ1v) is 12.5. The fourth-order valence-corrected chi connectivity index (χ4v) is 5.59. The smallest absolute Gasteiger partial charge is 0.257 e. The van der Waals surface area contributed by atoms with Gasteiger partial charge in [-0.1, -0.05) is 12.1 Å². The molecule has 0 radical (unpaired) electrons. The van der Waals surface area contributed by atoms with Gasteiger partial charge in [0.15, 0.2) is 0 Å². The molecule has 0 bridgehead atoms. The van der Waals surface area contributed by atoms with Crippen LogP contribution in [0.25, 0.3) is 0 Å². The number of hydrogen-bond acceptors (Lipinski definition) is 5. The van der Waals surface area contributed by atoms with Gasteiger partial charge in [0.05, 0.1) is 11.3 Å². The van der Waals surface area contributed by atoms with Gasteiger partial charge in [-0.05, 0) is 76.6 Å². The van der Waals surface area contributed by atoms with E-state index < -0.39 is 0 Å². The van der Waals surface area contributed by atoms with Crippen molar-refractivity contribution in [3.63, 3.8) is 0 Å². The van der Waals surface area contributed by atoms with Gasteiger partial charge in [-0.25, -0.2) is 9.97 Å². The average molecular weight is 449 g/mol. The van der Waals surface area contributed by atoms with Gasteiger partial charge in [-0.15, -0.1) is 0 Å². The maximum atomic E-state index is 12.9. The van der Waals surface area contributed by atoms with Crippen LogP contribution in [0.1, 0.15) is 84.9 Å². The van der Waals surface area contributed by atoms with Crippen LogP contribution in [0.2, 0.25) is 0 Å². The van der Waals surface area contributed by atoms with Crippen molar-refractivity contribution < 1.29 is 9.53 Å². The Balaban J connectivity index is 1.25. The van der Waals surface area contributed by atoms with Crippen molar-refractivity contribution in [2.24, 2.45) is 0 Å². The fourth-order valence-electron chi connectivity index (χ4n) is 5.59. The number of fused-ring (bicyclic) bond motifs is 1. The summed E-state index contributed by atoms with van der Waals surface area (Å²) in [5.74, 6) is 2.32. The first-order valence-electron chi connectivity index (χ1n) is 12.5. The second kappa shape index (κ2) is 9.05. The number of carbonyl (C=O) groups is 1. The molecule has 2 aromatic rings. The lowest BCUT2D eigenvalue weighted by atomic mass is 9.95. The zero-order valence-electron chi connectivity index (χ0n) is 20.3. The molecule has 1 atom stereocenters. The quantitative estimate of drug-likeness (QED) is 0.689. The van der Waals surface area contributed by atoms with Gasteiger partial charge in [0, 0.05) is 44.7 Å². The molecule has 0 unspecified atom stereocenters. The number of carbonyl (C=O) groups excluding carboxylic acids is 1. The molecule has 2 saturated heterocycles. The van der Waals surface area contributed by atoms with Gasteiger partial charge in [-0.3, -0.25) is 9.69 Å². The van der Waals surface area contributed by atoms with Gasteiger partial charge in [0.1, 0.15) is 17.2 Å². The highest BCUT2D eigenvalue weighted by Crippen LogP contribution is 2.36. The summed E-state index contributed by atoms with van der Waals surface area (Å²) in [6.45, 7) is 10.9. The van der Waals surface area contributed by atoms with E-state index >= 15 is 0 Å². The maximum absolute atomic E-state index is 12.9. The number of amides is 1. The Hall–Kier alpha value is -2.47. The third-order valence-electron chi connectivity index (χ3n) is 7.28. The summed E-state index contributed by atoms with van der Waals surface area (Å²) in [5, 5.41) is 0. The molecule has 6 heteroatoms. The van der Waals surface area contributed by atoms with Crippen LogP contribution in [0.5, 0.6) is 5.75 Å². The van der Waals surface area contributed by atoms with E-state index in [1.165, 1.54) is 17.5 Å². The van der Waals surface area contributed by atoms with Gasteiger partial charge in [-0.2, -0.15) is 0 Å². The molecule has 0 N–H and O–H groups in total. The lowest BCUT2D eigenvalue weighted by Crippen LogP contribution is -2.36. The minimum absolute atomic E-state index is 0.0905. The first kappa shape index (κ1) is 22.3. The van der Waals surface area contributed by atoms with E-state index in [0.29, 0.717) is 11.5 Å². The van der Waals surface area contributed by atoms with Crippen LogP contribution in [0.15, 0.2) is 24.4 Å². The van der Waals surface area contributed by atoms with Crippen molar-refractivity contribution in [1.82, 2.24) is 19.8 Å². The molecule has 0 saturated carbocycles. The van der Waals surface area contributed by atoms with Crippen LogP contribution in [0.3, 0.4) is 0 Å². The third-order valence-corrected chi connectivity index (χ3v) is 7.28. The molecule has 1 aromatic carbocycles. The van der Waals surface area contributed by atoms with E-state index in [1.54, 1.807) is 6.20 Å². The minimum Gasteiger partial charge on any atom is -0.487 e. The van der Waals surface area contributed by atoms with Crippen molar-refractivity contribution in [3.05, 3.63) is 52.6 Å². The molecule has 0 aliphatic carbocycles. The number of hydrogen-bond donors (Lipinski definition) is 0. The molecular formula is C27H36N4O2. The number of benzene rings is 1. The van der Waals surface area contributed by atoms with E-state index in [9.17, 15) is 4.79 Å². The van der Waals surface area contributed by atoms with Crippen molar-refractivity contribution >= 4 is 5.91 Å². The normalized spacial score (nSPS) is 22.6. The molecule has 176 valence electrons. The molecule has 2 fully saturated rings. The summed E-state index contributed by atoms with van der Waals surface area (Å²) in [7, 11) is 0. The number of piperidine rings is 2. The molecule has 3 aliphatic heterocycles. The third kappa shape index (κ3) is 4.91. The van der Waals surface area contributed by atoms with Gasteiger partial charge < -0.3 is 9.64 Å². The predicted octanol–water partition coefficient (Wildman–Crippen LogP) is 4.50. The number of aryl methyl sites for hydroxylation is 1. The van der Waals surface area contributed by atoms with Crippen LogP contribution >= 0.6 is 0 Å². The summed E-state index contributed by atoms with van der Waals surface area (Å²) >= 11 is 0. The van der Waals surface area contributed by atoms with Crippen molar-refractivity contribution in [2.75, 3.05) is 26.2 Å². The molecule has 5 rings (SSSR count). The molecule has 1 aromatic heterocycles. The largest absolute Gasteiger partial charge is 0.487 e. The Kier molecular flexibility index (Phi) is 6.12. The fraction of sp³-hybridized carbons (Fsp3) is 0.593. The van der Waals surface area contributed by atoms with Gasteiger partial charge >= 0.3 is 0 Å². The summed E-state index contributed by atoms with van der Waals surface area (Å²) in [5.41, 5.74) is 4.04. The second-order valence-electron chi connectivity index (χ2n) is 10.6. The monoisotopic (exact) mass is 448 g/mol. The highest BCUT2D eigenvalue weighted by Gasteiger charge is 2.30. The van der Waals surface area contributed by atoms with Crippen LogP contribution in [-0.2, 0) is 13.0 Å². The zero-order chi connectivity index (χ0) is 23.0. The highest BCUT2D eigenvalue weighted by molar-refractivity contribution is 5.95. The predicted molar refractivity (Wildman–Crippen MR) is 129 cm³/mol. The first-order chi connectivity index (χ1) is 15.9. The topological polar surface area (TPSA) is 58.6 Å². The van der Waals surface area contributed by atoms with Gasteiger partial charge in [0.2, 0.25) is 0 Å². The SMILES string of the molecule is Cc1nc([C@@H]2CCCN(Cc3ccc4c(c3)CC(C)(C)O4)C2)ncc1C(=O)N1CCCCC1. The van der Waals surface area contributed by atoms with Crippen molar-refractivity contribution in [1.29, 1.82) is 0 Å². The number of rotatable bonds is 4. The molecule has 0 spiro atoms. The molecule has 6 nitrogen and oxygen atoms in total. The lowest BCUT2D eigenvalue weighted by Gasteiger charge is -2.32. The number of likely N-dealkylation sites (tertiary alicyclic amines) is 2. The second-order valence-corrected chi connectivity index (χ2v) is 10.6. The molecule has 3 aliphatic rings. The summed E-state index contributed by atoms with van der Waals surface area (Å²) in [6, 6.07) is 6.65. The Morgan fingerprint density at radius 1 is 1.15 bits per heavy atom. The van der Waals surface area contributed by atoms with E-state index in [4.69, 9.17) is 9.72 Å². The Morgan fingerprint density at radius 2 is 1.97 bits per heavy atom. The van der Waals surface area contributed by atoms with E-state index in [-0.39, 0.29) is 11.5 Å². The van der Waals surface area contributed by atoms with Crippen LogP contribution in [0, 0.1) is 6.92 Å². The van der Waals surface area contributed by atoms with Crippen LogP contribution in [0.4, 0.5) is 0 Å². The molecule has 4 heterocycles. The molecule has 1 amide bonds. The lowest BCUT2D eigenvalue weighted by molar-refractivity contribution is 0.0722. The maximum Gasteiger partial charge on any atom is 0.257 e. The average Bonchev–Trinajstić information content (AvgIpc) is 3.12. The number of aromatic nitrogens is 2. The number of ether oxygens (including phenoxy) is 1. The molecular weight excluding hydrogens is 412 g/mol. The van der Waals surface area contributed by atoms with Crippen molar-refractivity contribution in [3.8, 4) is 5.75 Å². The standard InChI is InChI=1S/C27H36N4O2/c1-19-23(26(32)31-12-5-4-6-13-31)16-28-25(29-19)21-8-7-11-30(18-21)17-20-9-10-24-22(14-20)15-27(2,3)33-24/h9-10,14,16,21H,4-8,11-13,15,17-18H2,1-3H3/t21-/m1/s1.